The molecule has 0 unspecified atom stereocenters. The predicted molar refractivity (Wildman–Crippen MR) is 115 cm³/mol. The van der Waals surface area contributed by atoms with Crippen molar-refractivity contribution in [1.82, 2.24) is 0 Å². The Morgan fingerprint density at radius 3 is 2.59 bits per heavy atom. The zero-order valence-corrected chi connectivity index (χ0v) is 17.6. The van der Waals surface area contributed by atoms with Crippen molar-refractivity contribution in [3.05, 3.63) is 57.7 Å². The number of hydrogen-bond acceptors (Lipinski definition) is 4. The first kappa shape index (κ1) is 18.6. The van der Waals surface area contributed by atoms with Gasteiger partial charge in [-0.3, -0.25) is 14.4 Å². The lowest BCUT2D eigenvalue weighted by Gasteiger charge is -2.23. The fourth-order valence-electron chi connectivity index (χ4n) is 5.06. The van der Waals surface area contributed by atoms with Gasteiger partial charge in [0.2, 0.25) is 5.91 Å². The second kappa shape index (κ2) is 7.12. The number of esters is 1. The molecule has 2 amide bonds. The quantitative estimate of drug-likeness (QED) is 0.494. The van der Waals surface area contributed by atoms with Crippen LogP contribution in [-0.4, -0.2) is 23.9 Å². The number of carbonyl (C=O) groups is 3. The molecule has 3 fully saturated rings. The molecule has 7 heteroatoms. The summed E-state index contributed by atoms with van der Waals surface area (Å²) in [4.78, 5) is 37.6. The first-order valence-electron chi connectivity index (χ1n) is 9.68. The lowest BCUT2D eigenvalue weighted by atomic mass is 9.79. The van der Waals surface area contributed by atoms with Crippen LogP contribution in [-0.2, 0) is 14.3 Å². The largest absolute Gasteiger partial charge is 0.462 e. The normalized spacial score (nSPS) is 28.9. The highest BCUT2D eigenvalue weighted by molar-refractivity contribution is 14.1. The fraction of sp³-hybridized carbons (Fsp3) is 0.318. The molecule has 2 bridgehead atoms. The number of anilines is 2. The molecule has 29 heavy (non-hydrogen) atoms. The number of fused-ring (bicyclic) bond motifs is 1. The number of benzene rings is 2. The van der Waals surface area contributed by atoms with Crippen LogP contribution in [0.4, 0.5) is 11.4 Å². The molecule has 2 aromatic rings. The molecule has 0 aromatic heterocycles. The predicted octanol–water partition coefficient (Wildman–Crippen LogP) is 3.68. The zero-order chi connectivity index (χ0) is 20.1. The minimum absolute atomic E-state index is 0.00911. The zero-order valence-electron chi connectivity index (χ0n) is 15.4. The fourth-order valence-corrected chi connectivity index (χ4v) is 5.42. The summed E-state index contributed by atoms with van der Waals surface area (Å²) < 4.78 is 6.50. The van der Waals surface area contributed by atoms with E-state index in [4.69, 9.17) is 4.74 Å². The van der Waals surface area contributed by atoms with Crippen molar-refractivity contribution in [2.45, 2.75) is 18.9 Å². The van der Waals surface area contributed by atoms with E-state index in [1.807, 2.05) is 24.3 Å². The molecule has 2 N–H and O–H groups in total. The standard InChI is InChI=1S/C22H19IN2O4/c23-13-4-6-14(7-5-13)24-20(26)11-2-1-3-15(8-11)25-21(27)18-12-9-16-17(10-12)29-22(28)19(16)18/h1-8,12,16-19H,9-10H2,(H,24,26)(H,25,27)/t12-,16-,17+,18+,19-/m1/s1. The van der Waals surface area contributed by atoms with Gasteiger partial charge in [0.25, 0.3) is 5.91 Å². The van der Waals surface area contributed by atoms with Crippen LogP contribution >= 0.6 is 22.6 Å². The van der Waals surface area contributed by atoms with E-state index in [-0.39, 0.29) is 47.6 Å². The van der Waals surface area contributed by atoms with Gasteiger partial charge in [0, 0.05) is 26.4 Å². The lowest BCUT2D eigenvalue weighted by molar-refractivity contribution is -0.145. The average Bonchev–Trinajstić information content (AvgIpc) is 3.32. The molecule has 0 radical (unpaired) electrons. The highest BCUT2D eigenvalue weighted by Crippen LogP contribution is 2.57. The Hall–Kier alpha value is -2.42. The number of hydrogen-bond donors (Lipinski definition) is 2. The molecule has 5 atom stereocenters. The maximum Gasteiger partial charge on any atom is 0.310 e. The molecule has 1 heterocycles. The van der Waals surface area contributed by atoms with Crippen molar-refractivity contribution >= 4 is 51.7 Å². The van der Waals surface area contributed by atoms with Gasteiger partial charge in [-0.05, 0) is 83.8 Å². The van der Waals surface area contributed by atoms with Gasteiger partial charge in [0.1, 0.15) is 6.10 Å². The molecule has 3 aliphatic rings. The van der Waals surface area contributed by atoms with Crippen molar-refractivity contribution in [3.63, 3.8) is 0 Å². The second-order valence-corrected chi connectivity index (χ2v) is 9.20. The van der Waals surface area contributed by atoms with Gasteiger partial charge in [-0.1, -0.05) is 6.07 Å². The third-order valence-corrected chi connectivity index (χ3v) is 7.00. The van der Waals surface area contributed by atoms with E-state index in [2.05, 4.69) is 33.2 Å². The minimum atomic E-state index is -0.337. The van der Waals surface area contributed by atoms with E-state index >= 15 is 0 Å². The van der Waals surface area contributed by atoms with Gasteiger partial charge in [0.05, 0.1) is 11.8 Å². The molecule has 2 aromatic carbocycles. The average molecular weight is 502 g/mol. The lowest BCUT2D eigenvalue weighted by Crippen LogP contribution is -2.35. The van der Waals surface area contributed by atoms with E-state index in [9.17, 15) is 14.4 Å². The Kier molecular flexibility index (Phi) is 4.57. The summed E-state index contributed by atoms with van der Waals surface area (Å²) in [7, 11) is 0. The monoisotopic (exact) mass is 502 g/mol. The molecule has 0 spiro atoms. The number of amides is 2. The first-order valence-corrected chi connectivity index (χ1v) is 10.8. The summed E-state index contributed by atoms with van der Waals surface area (Å²) in [5.41, 5.74) is 1.71. The third-order valence-electron chi connectivity index (χ3n) is 6.28. The Morgan fingerprint density at radius 2 is 1.79 bits per heavy atom. The molecule has 2 saturated carbocycles. The van der Waals surface area contributed by atoms with Crippen LogP contribution in [0.1, 0.15) is 23.2 Å². The van der Waals surface area contributed by atoms with Gasteiger partial charge in [0.15, 0.2) is 0 Å². The Morgan fingerprint density at radius 1 is 1.00 bits per heavy atom. The Labute approximate surface area is 181 Å². The van der Waals surface area contributed by atoms with Gasteiger partial charge in [-0.2, -0.15) is 0 Å². The third kappa shape index (κ3) is 3.31. The van der Waals surface area contributed by atoms with Crippen molar-refractivity contribution < 1.29 is 19.1 Å². The van der Waals surface area contributed by atoms with Crippen LogP contribution in [0.5, 0.6) is 0 Å². The number of carbonyl (C=O) groups excluding carboxylic acids is 3. The van der Waals surface area contributed by atoms with Gasteiger partial charge in [-0.25, -0.2) is 0 Å². The van der Waals surface area contributed by atoms with Crippen LogP contribution in [0.25, 0.3) is 0 Å². The van der Waals surface area contributed by atoms with Crippen molar-refractivity contribution in [2.24, 2.45) is 23.7 Å². The number of nitrogens with one attached hydrogen (secondary N) is 2. The van der Waals surface area contributed by atoms with Crippen LogP contribution in [0.2, 0.25) is 0 Å². The molecular weight excluding hydrogens is 483 g/mol. The van der Waals surface area contributed by atoms with E-state index in [0.29, 0.717) is 16.9 Å². The van der Waals surface area contributed by atoms with Crippen molar-refractivity contribution in [1.29, 1.82) is 0 Å². The van der Waals surface area contributed by atoms with Crippen LogP contribution < -0.4 is 10.6 Å². The SMILES string of the molecule is O=C(Nc1ccc(I)cc1)c1cccc(NC(=O)[C@H]2[C@@H]3C[C@H]4[C@H]2C(=O)O[C@H]4C3)c1. The number of ether oxygens (including phenoxy) is 1. The van der Waals surface area contributed by atoms with Crippen LogP contribution in [0.3, 0.4) is 0 Å². The molecule has 1 aliphatic heterocycles. The van der Waals surface area contributed by atoms with E-state index in [1.165, 1.54) is 0 Å². The summed E-state index contributed by atoms with van der Waals surface area (Å²) in [5, 5.41) is 5.77. The number of halogens is 1. The summed E-state index contributed by atoms with van der Waals surface area (Å²) in [5.74, 6) is -0.894. The van der Waals surface area contributed by atoms with Crippen LogP contribution in [0.15, 0.2) is 48.5 Å². The molecule has 2 aliphatic carbocycles. The summed E-state index contributed by atoms with van der Waals surface area (Å²) in [6.07, 6.45) is 1.68. The van der Waals surface area contributed by atoms with Crippen LogP contribution in [0, 0.1) is 27.2 Å². The highest BCUT2D eigenvalue weighted by atomic mass is 127. The molecule has 5 rings (SSSR count). The maximum atomic E-state index is 12.9. The van der Waals surface area contributed by atoms with Gasteiger partial charge in [-0.15, -0.1) is 0 Å². The van der Waals surface area contributed by atoms with Crippen molar-refractivity contribution in [2.75, 3.05) is 10.6 Å². The van der Waals surface area contributed by atoms with Gasteiger partial charge < -0.3 is 15.4 Å². The molecular formula is C22H19IN2O4. The second-order valence-electron chi connectivity index (χ2n) is 7.95. The number of rotatable bonds is 4. The smallest absolute Gasteiger partial charge is 0.310 e. The van der Waals surface area contributed by atoms with Gasteiger partial charge >= 0.3 is 5.97 Å². The van der Waals surface area contributed by atoms with E-state index < -0.39 is 0 Å². The topological polar surface area (TPSA) is 84.5 Å². The molecule has 6 nitrogen and oxygen atoms in total. The first-order chi connectivity index (χ1) is 14.0. The molecule has 148 valence electrons. The summed E-state index contributed by atoms with van der Waals surface area (Å²) >= 11 is 2.21. The highest BCUT2D eigenvalue weighted by Gasteiger charge is 2.63. The Balaban J connectivity index is 1.29. The Bertz CT molecular complexity index is 1000. The minimum Gasteiger partial charge on any atom is -0.462 e. The summed E-state index contributed by atoms with van der Waals surface area (Å²) in [6, 6.07) is 14.4. The molecule has 1 saturated heterocycles. The van der Waals surface area contributed by atoms with E-state index in [1.54, 1.807) is 24.3 Å². The summed E-state index contributed by atoms with van der Waals surface area (Å²) in [6.45, 7) is 0. The maximum absolute atomic E-state index is 12.9. The van der Waals surface area contributed by atoms with Crippen molar-refractivity contribution in [3.8, 4) is 0 Å². The van der Waals surface area contributed by atoms with E-state index in [0.717, 1.165) is 16.4 Å².